The highest BCUT2D eigenvalue weighted by molar-refractivity contribution is 9.10. The van der Waals surface area contributed by atoms with E-state index in [1.165, 1.54) is 19.2 Å². The predicted molar refractivity (Wildman–Crippen MR) is 99.5 cm³/mol. The second-order valence-corrected chi connectivity index (χ2v) is 8.19. The molecular weight excluding hydrogens is 408 g/mol. The molecule has 0 spiro atoms. The van der Waals surface area contributed by atoms with Crippen LogP contribution in [0.3, 0.4) is 0 Å². The van der Waals surface area contributed by atoms with Crippen LogP contribution in [0.1, 0.15) is 12.8 Å². The van der Waals surface area contributed by atoms with Gasteiger partial charge in [-0.2, -0.15) is 0 Å². The van der Waals surface area contributed by atoms with Crippen molar-refractivity contribution in [3.63, 3.8) is 0 Å². The Bertz CT molecular complexity index is 897. The Balaban J connectivity index is 1.95. The number of amides is 1. The smallest absolute Gasteiger partial charge is 0.261 e. The van der Waals surface area contributed by atoms with E-state index in [2.05, 4.69) is 20.7 Å². The van der Waals surface area contributed by atoms with E-state index in [9.17, 15) is 13.2 Å². The van der Waals surface area contributed by atoms with Crippen LogP contribution in [0.25, 0.3) is 0 Å². The van der Waals surface area contributed by atoms with Crippen LogP contribution in [0, 0.1) is 0 Å². The Morgan fingerprint density at radius 3 is 2.48 bits per heavy atom. The van der Waals surface area contributed by atoms with Crippen molar-refractivity contribution in [3.8, 4) is 5.75 Å². The van der Waals surface area contributed by atoms with Crippen LogP contribution in [-0.4, -0.2) is 28.0 Å². The summed E-state index contributed by atoms with van der Waals surface area (Å²) in [4.78, 5) is 13.7. The van der Waals surface area contributed by atoms with Crippen LogP contribution in [-0.2, 0) is 14.8 Å². The fourth-order valence-corrected chi connectivity index (χ4v) is 4.03. The number of sulfonamides is 1. The molecule has 2 aromatic rings. The first-order valence-electron chi connectivity index (χ1n) is 7.67. The average molecular weight is 425 g/mol. The molecule has 0 aromatic heterocycles. The zero-order chi connectivity index (χ0) is 18.0. The van der Waals surface area contributed by atoms with Gasteiger partial charge in [-0.3, -0.25) is 9.52 Å². The highest BCUT2D eigenvalue weighted by Gasteiger charge is 2.26. The number of nitrogens with zero attached hydrogens (tertiary/aromatic N) is 1. The summed E-state index contributed by atoms with van der Waals surface area (Å²) in [7, 11) is -2.29. The standard InChI is InChI=1S/C17H17BrN2O4S/c1-24-16-9-8-14(11-15(16)20-10-2-3-17(20)21)25(22,23)19-13-6-4-12(18)5-7-13/h4-9,11,19H,2-3,10H2,1H3. The second-order valence-electron chi connectivity index (χ2n) is 5.59. The summed E-state index contributed by atoms with van der Waals surface area (Å²) in [6, 6.07) is 11.3. The van der Waals surface area contributed by atoms with E-state index in [0.29, 0.717) is 30.1 Å². The van der Waals surface area contributed by atoms with Gasteiger partial charge in [-0.15, -0.1) is 0 Å². The molecule has 0 atom stereocenters. The van der Waals surface area contributed by atoms with E-state index in [1.807, 2.05) is 0 Å². The molecule has 1 aliphatic rings. The van der Waals surface area contributed by atoms with Gasteiger partial charge in [-0.25, -0.2) is 8.42 Å². The van der Waals surface area contributed by atoms with Crippen molar-refractivity contribution in [2.45, 2.75) is 17.7 Å². The molecule has 1 amide bonds. The lowest BCUT2D eigenvalue weighted by Gasteiger charge is -2.20. The normalized spacial score (nSPS) is 14.6. The van der Waals surface area contributed by atoms with Crippen molar-refractivity contribution in [2.75, 3.05) is 23.3 Å². The van der Waals surface area contributed by atoms with Crippen LogP contribution in [0.5, 0.6) is 5.75 Å². The SMILES string of the molecule is COc1ccc(S(=O)(=O)Nc2ccc(Br)cc2)cc1N1CCCC1=O. The summed E-state index contributed by atoms with van der Waals surface area (Å²) in [6.45, 7) is 0.554. The van der Waals surface area contributed by atoms with Gasteiger partial charge in [0.25, 0.3) is 10.0 Å². The third kappa shape index (κ3) is 3.80. The molecule has 0 unspecified atom stereocenters. The first-order chi connectivity index (χ1) is 11.9. The van der Waals surface area contributed by atoms with Crippen molar-refractivity contribution >= 4 is 43.2 Å². The fraction of sp³-hybridized carbons (Fsp3) is 0.235. The van der Waals surface area contributed by atoms with E-state index in [-0.39, 0.29) is 10.8 Å². The number of anilines is 2. The fourth-order valence-electron chi connectivity index (χ4n) is 2.68. The van der Waals surface area contributed by atoms with Gasteiger partial charge in [-0.1, -0.05) is 15.9 Å². The zero-order valence-electron chi connectivity index (χ0n) is 13.5. The maximum Gasteiger partial charge on any atom is 0.261 e. The summed E-state index contributed by atoms with van der Waals surface area (Å²) in [5.74, 6) is 0.437. The zero-order valence-corrected chi connectivity index (χ0v) is 15.9. The van der Waals surface area contributed by atoms with Crippen LogP contribution in [0.2, 0.25) is 0 Å². The first kappa shape index (κ1) is 17.8. The monoisotopic (exact) mass is 424 g/mol. The molecule has 0 radical (unpaired) electrons. The van der Waals surface area contributed by atoms with E-state index < -0.39 is 10.0 Å². The Morgan fingerprint density at radius 1 is 1.16 bits per heavy atom. The highest BCUT2D eigenvalue weighted by atomic mass is 79.9. The number of carbonyl (C=O) groups is 1. The van der Waals surface area contributed by atoms with Crippen molar-refractivity contribution in [1.29, 1.82) is 0 Å². The number of rotatable bonds is 5. The van der Waals surface area contributed by atoms with Crippen LogP contribution < -0.4 is 14.4 Å². The topological polar surface area (TPSA) is 75.7 Å². The number of nitrogens with one attached hydrogen (secondary N) is 1. The van der Waals surface area contributed by atoms with E-state index in [4.69, 9.17) is 4.74 Å². The van der Waals surface area contributed by atoms with Crippen molar-refractivity contribution < 1.29 is 17.9 Å². The molecule has 6 nitrogen and oxygen atoms in total. The Labute approximate surface area is 155 Å². The van der Waals surface area contributed by atoms with Crippen molar-refractivity contribution in [3.05, 3.63) is 46.9 Å². The van der Waals surface area contributed by atoms with Crippen molar-refractivity contribution in [2.24, 2.45) is 0 Å². The van der Waals surface area contributed by atoms with E-state index >= 15 is 0 Å². The molecule has 0 aliphatic carbocycles. The molecule has 0 saturated carbocycles. The van der Waals surface area contributed by atoms with Gasteiger partial charge >= 0.3 is 0 Å². The number of methoxy groups -OCH3 is 1. The number of carbonyl (C=O) groups excluding carboxylic acids is 1. The molecular formula is C17H17BrN2O4S. The number of benzene rings is 2. The lowest BCUT2D eigenvalue weighted by Crippen LogP contribution is -2.24. The van der Waals surface area contributed by atoms with Gasteiger partial charge < -0.3 is 9.64 Å². The Kier molecular flexibility index (Phi) is 5.01. The predicted octanol–water partition coefficient (Wildman–Crippen LogP) is 3.39. The second kappa shape index (κ2) is 7.05. The Morgan fingerprint density at radius 2 is 1.88 bits per heavy atom. The maximum atomic E-state index is 12.7. The highest BCUT2D eigenvalue weighted by Crippen LogP contribution is 2.34. The van der Waals surface area contributed by atoms with Crippen molar-refractivity contribution in [1.82, 2.24) is 0 Å². The molecule has 132 valence electrons. The summed E-state index contributed by atoms with van der Waals surface area (Å²) in [5, 5.41) is 0. The van der Waals surface area contributed by atoms with Gasteiger partial charge in [0.2, 0.25) is 5.91 Å². The van der Waals surface area contributed by atoms with Crippen LogP contribution >= 0.6 is 15.9 Å². The molecule has 8 heteroatoms. The molecule has 1 aliphatic heterocycles. The minimum absolute atomic E-state index is 0.0336. The Hall–Kier alpha value is -2.06. The average Bonchev–Trinajstić information content (AvgIpc) is 3.02. The van der Waals surface area contributed by atoms with Crippen LogP contribution in [0.15, 0.2) is 51.8 Å². The lowest BCUT2D eigenvalue weighted by molar-refractivity contribution is -0.117. The largest absolute Gasteiger partial charge is 0.495 e. The molecule has 3 rings (SSSR count). The summed E-state index contributed by atoms with van der Waals surface area (Å²) in [5.41, 5.74) is 0.932. The summed E-state index contributed by atoms with van der Waals surface area (Å²) in [6.07, 6.45) is 1.20. The van der Waals surface area contributed by atoms with Gasteiger partial charge in [0, 0.05) is 23.1 Å². The van der Waals surface area contributed by atoms with E-state index in [0.717, 1.165) is 10.9 Å². The first-order valence-corrected chi connectivity index (χ1v) is 9.95. The molecule has 1 saturated heterocycles. The quantitative estimate of drug-likeness (QED) is 0.797. The summed E-state index contributed by atoms with van der Waals surface area (Å²) >= 11 is 3.31. The lowest BCUT2D eigenvalue weighted by atomic mass is 10.2. The molecule has 25 heavy (non-hydrogen) atoms. The minimum atomic E-state index is -3.78. The molecule has 0 bridgehead atoms. The maximum absolute atomic E-state index is 12.7. The molecule has 1 fully saturated rings. The number of hydrogen-bond acceptors (Lipinski definition) is 4. The number of halogens is 1. The van der Waals surface area contributed by atoms with Gasteiger partial charge in [0.05, 0.1) is 17.7 Å². The number of ether oxygens (including phenoxy) is 1. The molecule has 2 aromatic carbocycles. The molecule has 1 heterocycles. The third-order valence-corrected chi connectivity index (χ3v) is 5.83. The van der Waals surface area contributed by atoms with Gasteiger partial charge in [-0.05, 0) is 48.9 Å². The molecule has 1 N–H and O–H groups in total. The van der Waals surface area contributed by atoms with E-state index in [1.54, 1.807) is 35.2 Å². The number of hydrogen-bond donors (Lipinski definition) is 1. The minimum Gasteiger partial charge on any atom is -0.495 e. The van der Waals surface area contributed by atoms with Crippen LogP contribution in [0.4, 0.5) is 11.4 Å². The van der Waals surface area contributed by atoms with Gasteiger partial charge in [0.1, 0.15) is 5.75 Å². The van der Waals surface area contributed by atoms with Gasteiger partial charge in [0.15, 0.2) is 0 Å². The third-order valence-electron chi connectivity index (χ3n) is 3.92. The summed E-state index contributed by atoms with van der Waals surface area (Å²) < 4.78 is 34.0.